The maximum Gasteiger partial charge on any atom is 0.225 e. The highest BCUT2D eigenvalue weighted by Gasteiger charge is 2.17. The molecule has 1 saturated heterocycles. The Morgan fingerprint density at radius 1 is 1.18 bits per heavy atom. The molecule has 0 bridgehead atoms. The van der Waals surface area contributed by atoms with Gasteiger partial charge in [0.2, 0.25) is 5.91 Å². The van der Waals surface area contributed by atoms with Gasteiger partial charge >= 0.3 is 0 Å². The first-order valence-electron chi connectivity index (χ1n) is 8.70. The van der Waals surface area contributed by atoms with Crippen molar-refractivity contribution in [3.8, 4) is 0 Å². The number of carbonyl (C=O) groups excluding carboxylic acids is 1. The molecule has 1 aromatic carbocycles. The number of hydrogen-bond donors (Lipinski definition) is 0. The van der Waals surface area contributed by atoms with Gasteiger partial charge in [0.25, 0.3) is 0 Å². The van der Waals surface area contributed by atoms with Crippen LogP contribution < -0.4 is 4.90 Å². The van der Waals surface area contributed by atoms with Crippen LogP contribution in [0.3, 0.4) is 0 Å². The van der Waals surface area contributed by atoms with Gasteiger partial charge in [0.05, 0.1) is 0 Å². The molecule has 1 aliphatic heterocycles. The summed E-state index contributed by atoms with van der Waals surface area (Å²) >= 11 is 0. The highest BCUT2D eigenvalue weighted by atomic mass is 16.2. The zero-order valence-corrected chi connectivity index (χ0v) is 14.3. The lowest BCUT2D eigenvalue weighted by molar-refractivity contribution is -0.134. The monoisotopic (exact) mass is 302 g/mol. The van der Waals surface area contributed by atoms with E-state index in [9.17, 15) is 4.79 Å². The molecule has 0 spiro atoms. The lowest BCUT2D eigenvalue weighted by atomic mass is 10.0. The number of hydrogen-bond acceptors (Lipinski definition) is 2. The summed E-state index contributed by atoms with van der Waals surface area (Å²) in [5.41, 5.74) is 2.53. The molecule has 0 aliphatic carbocycles. The average Bonchev–Trinajstić information content (AvgIpc) is 2.56. The lowest BCUT2D eigenvalue weighted by Crippen LogP contribution is -2.31. The van der Waals surface area contributed by atoms with Gasteiger partial charge in [-0.1, -0.05) is 32.4 Å². The Bertz CT molecular complexity index is 463. The molecule has 3 nitrogen and oxygen atoms in total. The molecule has 1 fully saturated rings. The van der Waals surface area contributed by atoms with Gasteiger partial charge in [0, 0.05) is 38.3 Å². The fourth-order valence-electron chi connectivity index (χ4n) is 3.25. The van der Waals surface area contributed by atoms with Crippen molar-refractivity contribution in [2.45, 2.75) is 52.5 Å². The van der Waals surface area contributed by atoms with Gasteiger partial charge in [-0.2, -0.15) is 0 Å². The van der Waals surface area contributed by atoms with Crippen LogP contribution in [0.2, 0.25) is 0 Å². The first-order chi connectivity index (χ1) is 10.6. The quantitative estimate of drug-likeness (QED) is 0.791. The Hall–Kier alpha value is -1.51. The molecular weight excluding hydrogens is 272 g/mol. The third kappa shape index (κ3) is 4.49. The zero-order valence-electron chi connectivity index (χ0n) is 14.3. The fraction of sp³-hybridized carbons (Fsp3) is 0.632. The molecule has 1 heterocycles. The van der Waals surface area contributed by atoms with E-state index < -0.39 is 0 Å². The molecule has 0 aromatic heterocycles. The van der Waals surface area contributed by atoms with Gasteiger partial charge in [-0.25, -0.2) is 0 Å². The fourth-order valence-corrected chi connectivity index (χ4v) is 3.25. The van der Waals surface area contributed by atoms with E-state index in [0.29, 0.717) is 6.54 Å². The predicted octanol–water partition coefficient (Wildman–Crippen LogP) is 4.07. The maximum absolute atomic E-state index is 12.3. The minimum absolute atomic E-state index is 0.127. The van der Waals surface area contributed by atoms with Crippen LogP contribution in [0, 0.1) is 5.92 Å². The molecule has 1 unspecified atom stereocenters. The number of nitrogens with zero attached hydrogens (tertiary/aromatic N) is 2. The smallest absolute Gasteiger partial charge is 0.225 e. The second kappa shape index (κ2) is 8.21. The molecular formula is C19H30N2O. The minimum atomic E-state index is 0.127. The number of anilines is 1. The first kappa shape index (κ1) is 16.9. The number of carbonyl (C=O) groups is 1. The number of piperidine rings is 1. The van der Waals surface area contributed by atoms with Gasteiger partial charge in [-0.15, -0.1) is 0 Å². The van der Waals surface area contributed by atoms with Gasteiger partial charge < -0.3 is 9.80 Å². The summed E-state index contributed by atoms with van der Waals surface area (Å²) in [4.78, 5) is 16.6. The van der Waals surface area contributed by atoms with Gasteiger partial charge in [-0.3, -0.25) is 4.79 Å². The molecule has 0 saturated carbocycles. The average molecular weight is 302 g/mol. The van der Waals surface area contributed by atoms with Crippen molar-refractivity contribution in [3.63, 3.8) is 0 Å². The van der Waals surface area contributed by atoms with Crippen molar-refractivity contribution in [1.82, 2.24) is 4.90 Å². The van der Waals surface area contributed by atoms with Crippen LogP contribution in [-0.4, -0.2) is 30.9 Å². The number of benzene rings is 1. The highest BCUT2D eigenvalue weighted by molar-refractivity contribution is 5.78. The molecule has 1 amide bonds. The van der Waals surface area contributed by atoms with E-state index in [2.05, 4.69) is 36.1 Å². The van der Waals surface area contributed by atoms with E-state index >= 15 is 0 Å². The Labute approximate surface area is 135 Å². The summed E-state index contributed by atoms with van der Waals surface area (Å²) in [6.45, 7) is 7.20. The number of rotatable bonds is 6. The first-order valence-corrected chi connectivity index (χ1v) is 8.70. The SMILES string of the molecule is CCCC(C)C(=O)N(C)Cc1ccc(N2CCCCC2)cc1. The van der Waals surface area contributed by atoms with E-state index in [1.165, 1.54) is 43.6 Å². The van der Waals surface area contributed by atoms with E-state index in [1.807, 2.05) is 18.9 Å². The molecule has 0 radical (unpaired) electrons. The summed E-state index contributed by atoms with van der Waals surface area (Å²) in [6, 6.07) is 8.74. The van der Waals surface area contributed by atoms with E-state index in [0.717, 1.165) is 12.8 Å². The minimum Gasteiger partial charge on any atom is -0.372 e. The van der Waals surface area contributed by atoms with Crippen molar-refractivity contribution >= 4 is 11.6 Å². The zero-order chi connectivity index (χ0) is 15.9. The lowest BCUT2D eigenvalue weighted by Gasteiger charge is -2.29. The van der Waals surface area contributed by atoms with Crippen LogP contribution >= 0.6 is 0 Å². The molecule has 3 heteroatoms. The molecule has 122 valence electrons. The third-order valence-electron chi connectivity index (χ3n) is 4.60. The van der Waals surface area contributed by atoms with E-state index in [4.69, 9.17) is 0 Å². The van der Waals surface area contributed by atoms with Crippen molar-refractivity contribution in [3.05, 3.63) is 29.8 Å². The molecule has 2 rings (SSSR count). The summed E-state index contributed by atoms with van der Waals surface area (Å²) in [5, 5.41) is 0. The highest BCUT2D eigenvalue weighted by Crippen LogP contribution is 2.21. The summed E-state index contributed by atoms with van der Waals surface area (Å²) in [5.74, 6) is 0.379. The van der Waals surface area contributed by atoms with Gasteiger partial charge in [0.15, 0.2) is 0 Å². The molecule has 1 atom stereocenters. The normalized spacial score (nSPS) is 16.4. The standard InChI is InChI=1S/C19H30N2O/c1-4-8-16(2)19(22)20(3)15-17-9-11-18(12-10-17)21-13-6-5-7-14-21/h9-12,16H,4-8,13-15H2,1-3H3. The second-order valence-corrected chi connectivity index (χ2v) is 6.60. The second-order valence-electron chi connectivity index (χ2n) is 6.60. The van der Waals surface area contributed by atoms with Crippen LogP contribution in [0.25, 0.3) is 0 Å². The van der Waals surface area contributed by atoms with Crippen molar-refractivity contribution in [2.75, 3.05) is 25.0 Å². The Morgan fingerprint density at radius 2 is 1.82 bits per heavy atom. The van der Waals surface area contributed by atoms with Crippen molar-refractivity contribution in [1.29, 1.82) is 0 Å². The van der Waals surface area contributed by atoms with Crippen LogP contribution in [0.4, 0.5) is 5.69 Å². The summed E-state index contributed by atoms with van der Waals surface area (Å²) < 4.78 is 0. The van der Waals surface area contributed by atoms with Crippen molar-refractivity contribution in [2.24, 2.45) is 5.92 Å². The van der Waals surface area contributed by atoms with Gasteiger partial charge in [-0.05, 0) is 43.4 Å². The van der Waals surface area contributed by atoms with E-state index in [1.54, 1.807) is 0 Å². The summed E-state index contributed by atoms with van der Waals surface area (Å²) in [7, 11) is 1.91. The van der Waals surface area contributed by atoms with Gasteiger partial charge in [0.1, 0.15) is 0 Å². The Morgan fingerprint density at radius 3 is 2.41 bits per heavy atom. The third-order valence-corrected chi connectivity index (χ3v) is 4.60. The van der Waals surface area contributed by atoms with Crippen LogP contribution in [-0.2, 0) is 11.3 Å². The van der Waals surface area contributed by atoms with Crippen LogP contribution in [0.5, 0.6) is 0 Å². The Balaban J connectivity index is 1.91. The summed E-state index contributed by atoms with van der Waals surface area (Å²) in [6.07, 6.45) is 5.99. The molecule has 1 aromatic rings. The predicted molar refractivity (Wildman–Crippen MR) is 93.1 cm³/mol. The largest absolute Gasteiger partial charge is 0.372 e. The Kier molecular flexibility index (Phi) is 6.29. The van der Waals surface area contributed by atoms with Crippen molar-refractivity contribution < 1.29 is 4.79 Å². The molecule has 0 N–H and O–H groups in total. The van der Waals surface area contributed by atoms with Crippen LogP contribution in [0.15, 0.2) is 24.3 Å². The topological polar surface area (TPSA) is 23.6 Å². The molecule has 22 heavy (non-hydrogen) atoms. The van der Waals surface area contributed by atoms with Crippen LogP contribution in [0.1, 0.15) is 51.5 Å². The number of amides is 1. The molecule has 1 aliphatic rings. The maximum atomic E-state index is 12.3. The van der Waals surface area contributed by atoms with E-state index in [-0.39, 0.29) is 11.8 Å².